The Labute approximate surface area is 188 Å². The minimum absolute atomic E-state index is 0.00417. The normalized spacial score (nSPS) is 22.4. The number of pyridine rings is 1. The lowest BCUT2D eigenvalue weighted by Gasteiger charge is -2.40. The van der Waals surface area contributed by atoms with Gasteiger partial charge in [-0.15, -0.1) is 0 Å². The summed E-state index contributed by atoms with van der Waals surface area (Å²) in [5.74, 6) is 1.76. The summed E-state index contributed by atoms with van der Waals surface area (Å²) in [6.45, 7) is 2.52. The summed E-state index contributed by atoms with van der Waals surface area (Å²) >= 11 is 0. The average Bonchev–Trinajstić information content (AvgIpc) is 3.38. The van der Waals surface area contributed by atoms with Gasteiger partial charge in [0.05, 0.1) is 47.3 Å². The molecule has 4 heterocycles. The number of carbonyl (C=O) groups excluding carboxylic acids is 1. The Kier molecular flexibility index (Phi) is 5.62. The minimum atomic E-state index is -1.07. The summed E-state index contributed by atoms with van der Waals surface area (Å²) in [6.07, 6.45) is 1.16. The molecule has 1 amide bonds. The molecule has 0 spiro atoms. The van der Waals surface area contributed by atoms with Crippen molar-refractivity contribution in [3.63, 3.8) is 0 Å². The van der Waals surface area contributed by atoms with E-state index in [1.807, 2.05) is 6.07 Å². The summed E-state index contributed by atoms with van der Waals surface area (Å²) in [5.41, 5.74) is 1.70. The fourth-order valence-electron chi connectivity index (χ4n) is 4.35. The number of anilines is 2. The summed E-state index contributed by atoms with van der Waals surface area (Å²) < 4.78 is 36.4. The van der Waals surface area contributed by atoms with Crippen LogP contribution in [0, 0.1) is 5.82 Å². The predicted octanol–water partition coefficient (Wildman–Crippen LogP) is 2.40. The molecule has 8 nitrogen and oxygen atoms in total. The van der Waals surface area contributed by atoms with Crippen molar-refractivity contribution >= 4 is 28.4 Å². The number of likely N-dealkylation sites (tertiary alicyclic amines) is 1. The maximum atomic E-state index is 13.1. The first kappa shape index (κ1) is 21.0. The van der Waals surface area contributed by atoms with Crippen LogP contribution in [0.25, 0.3) is 0 Å². The Bertz CT molecular complexity index is 1040. The van der Waals surface area contributed by atoms with E-state index in [0.29, 0.717) is 44.1 Å². The van der Waals surface area contributed by atoms with Crippen molar-refractivity contribution in [1.82, 2.24) is 9.88 Å². The van der Waals surface area contributed by atoms with E-state index in [1.54, 1.807) is 17.0 Å². The van der Waals surface area contributed by atoms with Crippen molar-refractivity contribution in [2.75, 3.05) is 49.3 Å². The van der Waals surface area contributed by atoms with Crippen LogP contribution in [0.2, 0.25) is 0 Å². The van der Waals surface area contributed by atoms with Crippen molar-refractivity contribution < 1.29 is 22.9 Å². The van der Waals surface area contributed by atoms with E-state index in [2.05, 4.69) is 10.2 Å². The second-order valence-electron chi connectivity index (χ2n) is 8.25. The van der Waals surface area contributed by atoms with Gasteiger partial charge < -0.3 is 24.6 Å². The molecule has 10 heteroatoms. The van der Waals surface area contributed by atoms with Crippen LogP contribution in [-0.4, -0.2) is 71.4 Å². The molecule has 5 rings (SSSR count). The molecule has 0 aliphatic carbocycles. The van der Waals surface area contributed by atoms with E-state index in [-0.39, 0.29) is 24.1 Å². The predicted molar refractivity (Wildman–Crippen MR) is 118 cm³/mol. The van der Waals surface area contributed by atoms with Crippen LogP contribution in [0.15, 0.2) is 35.2 Å². The molecule has 1 aromatic carbocycles. The zero-order valence-corrected chi connectivity index (χ0v) is 18.6. The van der Waals surface area contributed by atoms with Crippen LogP contribution in [0.4, 0.5) is 20.7 Å². The van der Waals surface area contributed by atoms with Crippen molar-refractivity contribution in [3.8, 4) is 5.75 Å². The van der Waals surface area contributed by atoms with Gasteiger partial charge in [0.2, 0.25) is 0 Å². The number of methoxy groups -OCH3 is 1. The third kappa shape index (κ3) is 4.11. The van der Waals surface area contributed by atoms with Crippen LogP contribution < -0.4 is 15.0 Å². The van der Waals surface area contributed by atoms with Crippen molar-refractivity contribution in [2.45, 2.75) is 29.9 Å². The van der Waals surface area contributed by atoms with Gasteiger partial charge in [-0.05, 0) is 30.7 Å². The topological polar surface area (TPSA) is 84.0 Å². The standard InChI is InChI=1S/C22H25FN4O4S/c1-30-22(28)26-8-6-15(11-26)24-19-10-20(25-18-7-9-32(29)21(18)19)27-12-17(13-27)31-16-4-2-14(23)3-5-16/h2-5,10,15,17H,6-9,11-13H2,1H3,(H,24,25)/t15-,32+/m0/s1. The number of ether oxygens (including phenoxy) is 2. The van der Waals surface area contributed by atoms with Gasteiger partial charge in [-0.1, -0.05) is 0 Å². The number of aromatic nitrogens is 1. The lowest BCUT2D eigenvalue weighted by Crippen LogP contribution is -2.54. The zero-order valence-electron chi connectivity index (χ0n) is 17.8. The summed E-state index contributed by atoms with van der Waals surface area (Å²) in [5, 5.41) is 3.50. The SMILES string of the molecule is COC(=O)N1CC[C@H](Nc2cc(N3CC(Oc4ccc(F)cc4)C3)nc3c2[S@](=O)CC3)C1. The molecule has 2 atom stereocenters. The van der Waals surface area contributed by atoms with Gasteiger partial charge >= 0.3 is 6.09 Å². The highest BCUT2D eigenvalue weighted by molar-refractivity contribution is 7.85. The Hall–Kier alpha value is -2.88. The highest BCUT2D eigenvalue weighted by atomic mass is 32.2. The molecule has 2 aromatic rings. The van der Waals surface area contributed by atoms with E-state index in [9.17, 15) is 13.4 Å². The van der Waals surface area contributed by atoms with Gasteiger partial charge in [0.15, 0.2) is 0 Å². The van der Waals surface area contributed by atoms with Crippen molar-refractivity contribution in [2.24, 2.45) is 0 Å². The number of rotatable bonds is 5. The Morgan fingerprint density at radius 2 is 2.03 bits per heavy atom. The van der Waals surface area contributed by atoms with E-state index in [0.717, 1.165) is 28.5 Å². The van der Waals surface area contributed by atoms with Gasteiger partial charge in [-0.25, -0.2) is 14.2 Å². The zero-order chi connectivity index (χ0) is 22.2. The smallest absolute Gasteiger partial charge is 0.409 e. The van der Waals surface area contributed by atoms with E-state index in [4.69, 9.17) is 14.5 Å². The first-order valence-corrected chi connectivity index (χ1v) is 12.0. The van der Waals surface area contributed by atoms with Crippen molar-refractivity contribution in [1.29, 1.82) is 0 Å². The van der Waals surface area contributed by atoms with Crippen LogP contribution in [0.1, 0.15) is 12.1 Å². The Morgan fingerprint density at radius 1 is 1.25 bits per heavy atom. The van der Waals surface area contributed by atoms with Crippen LogP contribution >= 0.6 is 0 Å². The number of hydrogen-bond acceptors (Lipinski definition) is 7. The van der Waals surface area contributed by atoms with Gasteiger partial charge in [-0.2, -0.15) is 0 Å². The summed E-state index contributed by atoms with van der Waals surface area (Å²) in [7, 11) is 0.310. The third-order valence-electron chi connectivity index (χ3n) is 6.05. The number of fused-ring (bicyclic) bond motifs is 1. The first-order chi connectivity index (χ1) is 15.5. The van der Waals surface area contributed by atoms with E-state index >= 15 is 0 Å². The molecule has 0 unspecified atom stereocenters. The molecule has 0 radical (unpaired) electrons. The van der Waals surface area contributed by atoms with Crippen LogP contribution in [0.5, 0.6) is 5.75 Å². The van der Waals surface area contributed by atoms with Gasteiger partial charge in [-0.3, -0.25) is 4.21 Å². The summed E-state index contributed by atoms with van der Waals surface area (Å²) in [4.78, 5) is 21.1. The van der Waals surface area contributed by atoms with Crippen molar-refractivity contribution in [3.05, 3.63) is 41.8 Å². The monoisotopic (exact) mass is 460 g/mol. The molecule has 32 heavy (non-hydrogen) atoms. The van der Waals surface area contributed by atoms with Gasteiger partial charge in [0.25, 0.3) is 0 Å². The Morgan fingerprint density at radius 3 is 2.78 bits per heavy atom. The van der Waals surface area contributed by atoms with Crippen LogP contribution in [0.3, 0.4) is 0 Å². The van der Waals surface area contributed by atoms with Crippen LogP contribution in [-0.2, 0) is 22.0 Å². The summed E-state index contributed by atoms with van der Waals surface area (Å²) in [6, 6.07) is 8.05. The number of aryl methyl sites for hydroxylation is 1. The Balaban J connectivity index is 1.28. The van der Waals surface area contributed by atoms with Gasteiger partial charge in [0, 0.05) is 37.4 Å². The number of nitrogens with zero attached hydrogens (tertiary/aromatic N) is 3. The number of hydrogen-bond donors (Lipinski definition) is 1. The molecule has 170 valence electrons. The number of halogens is 1. The largest absolute Gasteiger partial charge is 0.487 e. The second kappa shape index (κ2) is 8.57. The number of benzene rings is 1. The number of amides is 1. The van der Waals surface area contributed by atoms with E-state index < -0.39 is 10.8 Å². The quantitative estimate of drug-likeness (QED) is 0.734. The lowest BCUT2D eigenvalue weighted by atomic mass is 10.1. The second-order valence-corrected chi connectivity index (χ2v) is 9.76. The minimum Gasteiger partial charge on any atom is -0.487 e. The fraction of sp³-hybridized carbons (Fsp3) is 0.455. The molecular formula is C22H25FN4O4S. The highest BCUT2D eigenvalue weighted by Crippen LogP contribution is 2.35. The molecule has 0 saturated carbocycles. The molecule has 3 aliphatic heterocycles. The molecule has 2 fully saturated rings. The number of carbonyl (C=O) groups is 1. The molecule has 1 aromatic heterocycles. The maximum absolute atomic E-state index is 13.1. The molecular weight excluding hydrogens is 435 g/mol. The molecule has 0 bridgehead atoms. The fourth-order valence-corrected chi connectivity index (χ4v) is 5.71. The number of nitrogens with one attached hydrogen (secondary N) is 1. The highest BCUT2D eigenvalue weighted by Gasteiger charge is 2.34. The molecule has 2 saturated heterocycles. The molecule has 3 aliphatic rings. The lowest BCUT2D eigenvalue weighted by molar-refractivity contribution is 0.132. The van der Waals surface area contributed by atoms with E-state index in [1.165, 1.54) is 19.2 Å². The maximum Gasteiger partial charge on any atom is 0.409 e. The first-order valence-electron chi connectivity index (χ1n) is 10.7. The van der Waals surface area contributed by atoms with Gasteiger partial charge in [0.1, 0.15) is 23.5 Å². The average molecular weight is 461 g/mol. The molecule has 1 N–H and O–H groups in total. The third-order valence-corrected chi connectivity index (χ3v) is 7.54.